The Morgan fingerprint density at radius 1 is 1.16 bits per heavy atom. The number of halogens is 1. The number of carbonyl (C=O) groups excluding carboxylic acids is 3. The van der Waals surface area contributed by atoms with E-state index in [0.717, 1.165) is 0 Å². The van der Waals surface area contributed by atoms with Crippen LogP contribution in [0.25, 0.3) is 5.69 Å². The number of pyridine rings is 1. The highest BCUT2D eigenvalue weighted by Gasteiger charge is 2.59. The molecule has 162 valence electrons. The van der Waals surface area contributed by atoms with Gasteiger partial charge in [-0.25, -0.2) is 4.39 Å². The van der Waals surface area contributed by atoms with Crippen LogP contribution in [0.5, 0.6) is 0 Å². The summed E-state index contributed by atoms with van der Waals surface area (Å²) in [6.45, 7) is 0.437. The Morgan fingerprint density at radius 3 is 2.42 bits per heavy atom. The molecule has 2 aliphatic rings. The second-order valence-electron chi connectivity index (χ2n) is 7.79. The maximum absolute atomic E-state index is 13.4. The van der Waals surface area contributed by atoms with E-state index in [1.807, 2.05) is 0 Å². The first-order valence-corrected chi connectivity index (χ1v) is 9.95. The van der Waals surface area contributed by atoms with E-state index in [1.165, 1.54) is 43.0 Å². The Morgan fingerprint density at radius 2 is 1.84 bits per heavy atom. The van der Waals surface area contributed by atoms with Crippen molar-refractivity contribution < 1.29 is 23.5 Å². The molecule has 1 aromatic carbocycles. The van der Waals surface area contributed by atoms with Crippen molar-refractivity contribution in [2.24, 2.45) is 5.41 Å². The lowest BCUT2D eigenvalue weighted by Crippen LogP contribution is -2.45. The monoisotopic (exact) mass is 427 g/mol. The lowest BCUT2D eigenvalue weighted by atomic mass is 9.94. The van der Waals surface area contributed by atoms with Gasteiger partial charge >= 0.3 is 5.97 Å². The molecule has 1 fully saturated rings. The Kier molecular flexibility index (Phi) is 5.12. The van der Waals surface area contributed by atoms with Crippen molar-refractivity contribution in [1.29, 1.82) is 0 Å². The van der Waals surface area contributed by atoms with E-state index in [4.69, 9.17) is 4.74 Å². The first-order valence-electron chi connectivity index (χ1n) is 9.95. The van der Waals surface area contributed by atoms with Crippen LogP contribution in [0.3, 0.4) is 0 Å². The van der Waals surface area contributed by atoms with Crippen molar-refractivity contribution in [3.63, 3.8) is 0 Å². The van der Waals surface area contributed by atoms with Crippen molar-refractivity contribution in [1.82, 2.24) is 14.8 Å². The molecule has 2 heterocycles. The number of amides is 2. The third kappa shape index (κ3) is 3.39. The lowest BCUT2D eigenvalue weighted by Gasteiger charge is -2.32. The fraction of sp³-hybridized carbons (Fsp3) is 0.364. The average molecular weight is 427 g/mol. The summed E-state index contributed by atoms with van der Waals surface area (Å²) < 4.78 is 19.4. The van der Waals surface area contributed by atoms with Crippen LogP contribution >= 0.6 is 0 Å². The largest absolute Gasteiger partial charge is 0.468 e. The van der Waals surface area contributed by atoms with Crippen LogP contribution in [0, 0.1) is 11.2 Å². The number of fused-ring (bicyclic) bond motifs is 1. The first kappa shape index (κ1) is 20.8. The molecule has 2 amide bonds. The van der Waals surface area contributed by atoms with Crippen molar-refractivity contribution in [3.8, 4) is 5.69 Å². The van der Waals surface area contributed by atoms with E-state index in [2.05, 4.69) is 5.32 Å². The second-order valence-corrected chi connectivity index (χ2v) is 7.79. The van der Waals surface area contributed by atoms with Gasteiger partial charge in [-0.3, -0.25) is 23.7 Å². The van der Waals surface area contributed by atoms with Gasteiger partial charge in [0.05, 0.1) is 7.11 Å². The lowest BCUT2D eigenvalue weighted by molar-refractivity contribution is -0.156. The molecule has 0 radical (unpaired) electrons. The number of benzene rings is 1. The van der Waals surface area contributed by atoms with Crippen LogP contribution in [0.4, 0.5) is 4.39 Å². The van der Waals surface area contributed by atoms with Gasteiger partial charge in [-0.2, -0.15) is 0 Å². The van der Waals surface area contributed by atoms with Crippen molar-refractivity contribution >= 4 is 17.8 Å². The number of aromatic nitrogens is 1. The minimum atomic E-state index is -1.12. The molecule has 8 nitrogen and oxygen atoms in total. The van der Waals surface area contributed by atoms with E-state index < -0.39 is 28.7 Å². The van der Waals surface area contributed by atoms with Gasteiger partial charge in [-0.05, 0) is 54.7 Å². The maximum Gasteiger partial charge on any atom is 0.321 e. The highest BCUT2D eigenvalue weighted by Crippen LogP contribution is 2.48. The first-order chi connectivity index (χ1) is 14.8. The van der Waals surface area contributed by atoms with Crippen LogP contribution in [-0.2, 0) is 27.3 Å². The molecular formula is C22H22FN3O5. The number of carbonyl (C=O) groups is 3. The number of hydrogen-bond acceptors (Lipinski definition) is 5. The molecule has 9 heteroatoms. The van der Waals surface area contributed by atoms with Gasteiger partial charge in [-0.1, -0.05) is 0 Å². The minimum Gasteiger partial charge on any atom is -0.468 e. The average Bonchev–Trinajstić information content (AvgIpc) is 3.59. The van der Waals surface area contributed by atoms with Crippen LogP contribution in [0.15, 0.2) is 35.3 Å². The van der Waals surface area contributed by atoms with Gasteiger partial charge < -0.3 is 15.0 Å². The molecular weight excluding hydrogens is 405 g/mol. The van der Waals surface area contributed by atoms with E-state index >= 15 is 0 Å². The smallest absolute Gasteiger partial charge is 0.321 e. The van der Waals surface area contributed by atoms with Gasteiger partial charge in [0.25, 0.3) is 11.5 Å². The van der Waals surface area contributed by atoms with Crippen LogP contribution in [0.1, 0.15) is 34.3 Å². The zero-order valence-electron chi connectivity index (χ0n) is 17.2. The summed E-state index contributed by atoms with van der Waals surface area (Å²) in [6.07, 6.45) is 2.77. The summed E-state index contributed by atoms with van der Waals surface area (Å²) in [5.41, 5.74) is -0.0295. The fourth-order valence-corrected chi connectivity index (χ4v) is 4.11. The van der Waals surface area contributed by atoms with E-state index in [9.17, 15) is 23.6 Å². The molecule has 0 unspecified atom stereocenters. The fourth-order valence-electron chi connectivity index (χ4n) is 4.11. The molecule has 0 spiro atoms. The number of ether oxygens (including phenoxy) is 1. The molecule has 1 aliphatic heterocycles. The summed E-state index contributed by atoms with van der Waals surface area (Å²) in [6, 6.07) is 5.34. The molecule has 4 rings (SSSR count). The van der Waals surface area contributed by atoms with Crippen molar-refractivity contribution in [2.45, 2.75) is 25.8 Å². The molecule has 0 saturated heterocycles. The molecule has 31 heavy (non-hydrogen) atoms. The highest BCUT2D eigenvalue weighted by atomic mass is 19.1. The quantitative estimate of drug-likeness (QED) is 0.584. The summed E-state index contributed by atoms with van der Waals surface area (Å²) in [5.74, 6) is -1.81. The number of nitrogens with zero attached hydrogens (tertiary/aromatic N) is 2. The molecule has 1 aromatic heterocycles. The molecule has 1 saturated carbocycles. The standard InChI is InChI=1S/C22H22FN3O5/c1-24-18(27)17-16-7-10-25(20(29)22(8-9-22)21(30)31-2)11-13(16)12-26(19(17)28)15-5-3-14(23)4-6-15/h3-6,12H,7-11H2,1-2H3,(H,24,27). The van der Waals surface area contributed by atoms with Crippen LogP contribution in [-0.4, -0.2) is 48.0 Å². The van der Waals surface area contributed by atoms with E-state index in [-0.39, 0.29) is 24.6 Å². The molecule has 0 bridgehead atoms. The third-order valence-electron chi connectivity index (χ3n) is 5.98. The predicted octanol–water partition coefficient (Wildman–Crippen LogP) is 1.17. The summed E-state index contributed by atoms with van der Waals surface area (Å²) in [4.78, 5) is 52.4. The van der Waals surface area contributed by atoms with Gasteiger partial charge in [0.1, 0.15) is 16.8 Å². The number of rotatable bonds is 4. The number of esters is 1. The Bertz CT molecular complexity index is 1140. The van der Waals surface area contributed by atoms with Crippen molar-refractivity contribution in [2.75, 3.05) is 20.7 Å². The summed E-state index contributed by atoms with van der Waals surface area (Å²) in [5, 5.41) is 2.50. The van der Waals surface area contributed by atoms with Gasteiger partial charge in [0.15, 0.2) is 0 Å². The highest BCUT2D eigenvalue weighted by molar-refractivity contribution is 6.05. The topological polar surface area (TPSA) is 97.7 Å². The second kappa shape index (κ2) is 7.64. The number of nitrogens with one attached hydrogen (secondary N) is 1. The summed E-state index contributed by atoms with van der Waals surface area (Å²) in [7, 11) is 2.70. The molecule has 0 atom stereocenters. The molecule has 2 aromatic rings. The summed E-state index contributed by atoms with van der Waals surface area (Å²) >= 11 is 0. The zero-order valence-corrected chi connectivity index (χ0v) is 17.2. The SMILES string of the molecule is CNC(=O)c1c2c(cn(-c3ccc(F)cc3)c1=O)CN(C(=O)C1(C(=O)OC)CC1)CC2. The van der Waals surface area contributed by atoms with Gasteiger partial charge in [0.2, 0.25) is 5.91 Å². The van der Waals surface area contributed by atoms with Crippen LogP contribution in [0.2, 0.25) is 0 Å². The minimum absolute atomic E-state index is 0.00512. The van der Waals surface area contributed by atoms with Gasteiger partial charge in [-0.15, -0.1) is 0 Å². The zero-order chi connectivity index (χ0) is 22.3. The van der Waals surface area contributed by atoms with Crippen molar-refractivity contribution in [3.05, 3.63) is 63.3 Å². The number of methoxy groups -OCH3 is 1. The van der Waals surface area contributed by atoms with E-state index in [1.54, 1.807) is 11.1 Å². The predicted molar refractivity (Wildman–Crippen MR) is 108 cm³/mol. The molecule has 1 N–H and O–H groups in total. The Hall–Kier alpha value is -3.49. The third-order valence-corrected chi connectivity index (χ3v) is 5.98. The Labute approximate surface area is 177 Å². The number of hydrogen-bond donors (Lipinski definition) is 1. The van der Waals surface area contributed by atoms with Gasteiger partial charge in [0, 0.05) is 32.0 Å². The van der Waals surface area contributed by atoms with E-state index in [0.29, 0.717) is 36.1 Å². The van der Waals surface area contributed by atoms with Crippen LogP contribution < -0.4 is 10.9 Å². The maximum atomic E-state index is 13.4. The normalized spacial score (nSPS) is 16.3. The molecule has 1 aliphatic carbocycles. The Balaban J connectivity index is 1.77.